The van der Waals surface area contributed by atoms with Gasteiger partial charge in [-0.1, -0.05) is 121 Å². The summed E-state index contributed by atoms with van der Waals surface area (Å²) in [5.74, 6) is 0. The lowest BCUT2D eigenvalue weighted by Gasteiger charge is -2.22. The molecule has 0 aliphatic carbocycles. The number of rotatable bonds is 8. The Kier molecular flexibility index (Phi) is 10.4. The second-order valence-corrected chi connectivity index (χ2v) is 13.9. The van der Waals surface area contributed by atoms with E-state index in [0.29, 0.717) is 6.26 Å². The van der Waals surface area contributed by atoms with Crippen molar-refractivity contribution in [3.63, 3.8) is 0 Å². The van der Waals surface area contributed by atoms with E-state index in [1.54, 1.807) is 0 Å². The lowest BCUT2D eigenvalue weighted by atomic mass is 10.4. The van der Waals surface area contributed by atoms with Gasteiger partial charge in [0.15, 0.2) is 0 Å². The normalized spacial score (nSPS) is 11.2. The molecule has 0 atom stereocenters. The van der Waals surface area contributed by atoms with Gasteiger partial charge in [0.25, 0.3) is 10.1 Å². The molecular formula is C28H30O3P2S. The fraction of sp³-hybridized carbons (Fsp3) is 0.143. The molecule has 0 aromatic heterocycles. The summed E-state index contributed by atoms with van der Waals surface area (Å²) in [6, 6.07) is 44.3. The number of benzene rings is 4. The molecule has 0 unspecified atom stereocenters. The van der Waals surface area contributed by atoms with Crippen molar-refractivity contribution < 1.29 is 13.0 Å². The van der Waals surface area contributed by atoms with Crippen LogP contribution >= 0.6 is 15.8 Å². The fourth-order valence-electron chi connectivity index (χ4n) is 3.63. The third kappa shape index (κ3) is 9.12. The Balaban J connectivity index is 0.000000588. The predicted octanol–water partition coefficient (Wildman–Crippen LogP) is 5.15. The van der Waals surface area contributed by atoms with Crippen molar-refractivity contribution >= 4 is 47.2 Å². The molecule has 6 heteroatoms. The van der Waals surface area contributed by atoms with Crippen LogP contribution in [0, 0.1) is 0 Å². The van der Waals surface area contributed by atoms with Gasteiger partial charge in [-0.25, -0.2) is 0 Å². The van der Waals surface area contributed by atoms with Gasteiger partial charge in [0, 0.05) is 0 Å². The van der Waals surface area contributed by atoms with Crippen LogP contribution in [0.25, 0.3) is 0 Å². The molecule has 1 N–H and O–H groups in total. The highest BCUT2D eigenvalue weighted by molar-refractivity contribution is 7.85. The Morgan fingerprint density at radius 1 is 0.529 bits per heavy atom. The molecule has 3 nitrogen and oxygen atoms in total. The van der Waals surface area contributed by atoms with Crippen LogP contribution in [0.5, 0.6) is 0 Å². The highest BCUT2D eigenvalue weighted by Gasteiger charge is 2.17. The van der Waals surface area contributed by atoms with Crippen LogP contribution in [0.15, 0.2) is 121 Å². The summed E-state index contributed by atoms with van der Waals surface area (Å²) >= 11 is 0. The van der Waals surface area contributed by atoms with E-state index in [0.717, 1.165) is 0 Å². The van der Waals surface area contributed by atoms with Crippen molar-refractivity contribution in [2.24, 2.45) is 0 Å². The summed E-state index contributed by atoms with van der Waals surface area (Å²) in [6.07, 6.45) is 4.43. The molecule has 0 spiro atoms. The topological polar surface area (TPSA) is 54.4 Å². The maximum Gasteiger partial charge on any atom is 0.261 e. The Labute approximate surface area is 206 Å². The molecule has 0 aliphatic heterocycles. The summed E-state index contributed by atoms with van der Waals surface area (Å²) in [5.41, 5.74) is 0. The van der Waals surface area contributed by atoms with Gasteiger partial charge in [-0.15, -0.1) is 0 Å². The molecule has 0 amide bonds. The van der Waals surface area contributed by atoms with Crippen molar-refractivity contribution in [1.82, 2.24) is 0 Å². The van der Waals surface area contributed by atoms with E-state index >= 15 is 0 Å². The molecular weight excluding hydrogens is 478 g/mol. The molecule has 4 aromatic carbocycles. The van der Waals surface area contributed by atoms with Crippen molar-refractivity contribution in [1.29, 1.82) is 0 Å². The van der Waals surface area contributed by atoms with Crippen LogP contribution in [0.4, 0.5) is 0 Å². The highest BCUT2D eigenvalue weighted by atomic mass is 32.2. The van der Waals surface area contributed by atoms with Gasteiger partial charge in [0.05, 0.1) is 6.26 Å². The highest BCUT2D eigenvalue weighted by Crippen LogP contribution is 2.39. The molecule has 4 rings (SSSR count). The van der Waals surface area contributed by atoms with E-state index in [1.165, 1.54) is 40.0 Å². The minimum Gasteiger partial charge on any atom is -0.286 e. The van der Waals surface area contributed by atoms with Crippen molar-refractivity contribution in [2.75, 3.05) is 18.6 Å². The first-order valence-corrected chi connectivity index (χ1v) is 16.0. The standard InChI is InChI=1S/C27H26P2.CH4O3S/c1-5-14-24(15-6-1)28(25-16-7-2-8-17-25)22-13-23-29(26-18-9-3-10-19-26)27-20-11-4-12-21-27;1-5(2,3)4/h1-12,14-21H,13,22-23H2;1H3,(H,2,3,4). The molecule has 0 aliphatic rings. The van der Waals surface area contributed by atoms with E-state index < -0.39 is 10.1 Å². The van der Waals surface area contributed by atoms with Crippen LogP contribution in [-0.2, 0) is 10.1 Å². The van der Waals surface area contributed by atoms with E-state index in [4.69, 9.17) is 4.55 Å². The summed E-state index contributed by atoms with van der Waals surface area (Å²) in [5, 5.41) is 5.94. The molecule has 0 bridgehead atoms. The van der Waals surface area contributed by atoms with E-state index in [9.17, 15) is 8.42 Å². The third-order valence-corrected chi connectivity index (χ3v) is 10.2. The zero-order chi connectivity index (χ0) is 24.2. The van der Waals surface area contributed by atoms with Gasteiger partial charge in [-0.05, 0) is 55.8 Å². The quantitative estimate of drug-likeness (QED) is 0.265. The zero-order valence-corrected chi connectivity index (χ0v) is 21.8. The first-order chi connectivity index (χ1) is 16.4. The summed E-state index contributed by atoms with van der Waals surface area (Å²) in [6.45, 7) is 0. The fourth-order valence-corrected chi connectivity index (χ4v) is 8.59. The predicted molar refractivity (Wildman–Crippen MR) is 150 cm³/mol. The Hall–Kier alpha value is -2.35. The average Bonchev–Trinajstić information content (AvgIpc) is 2.85. The van der Waals surface area contributed by atoms with Crippen LogP contribution in [-0.4, -0.2) is 31.6 Å². The molecule has 34 heavy (non-hydrogen) atoms. The van der Waals surface area contributed by atoms with Gasteiger partial charge in [-0.3, -0.25) is 4.55 Å². The maximum absolute atomic E-state index is 9.19. The summed E-state index contributed by atoms with van der Waals surface area (Å²) < 4.78 is 25.9. The lowest BCUT2D eigenvalue weighted by molar-refractivity contribution is 0.490. The van der Waals surface area contributed by atoms with Crippen LogP contribution < -0.4 is 21.2 Å². The molecule has 0 fully saturated rings. The SMILES string of the molecule is CS(=O)(=O)O.c1ccc(P(CCCP(c2ccccc2)c2ccccc2)c2ccccc2)cc1. The second kappa shape index (κ2) is 13.5. The van der Waals surface area contributed by atoms with Crippen LogP contribution in [0.1, 0.15) is 6.42 Å². The maximum atomic E-state index is 9.19. The summed E-state index contributed by atoms with van der Waals surface area (Å²) in [4.78, 5) is 0. The van der Waals surface area contributed by atoms with E-state index in [1.807, 2.05) is 0 Å². The van der Waals surface area contributed by atoms with E-state index in [-0.39, 0.29) is 15.8 Å². The molecule has 4 aromatic rings. The average molecular weight is 509 g/mol. The Morgan fingerprint density at radius 3 is 0.941 bits per heavy atom. The Bertz CT molecular complexity index is 1030. The largest absolute Gasteiger partial charge is 0.286 e. The third-order valence-electron chi connectivity index (χ3n) is 5.03. The number of hydrogen-bond acceptors (Lipinski definition) is 2. The minimum absolute atomic E-state index is 0.309. The van der Waals surface area contributed by atoms with Crippen molar-refractivity contribution in [3.8, 4) is 0 Å². The first-order valence-electron chi connectivity index (χ1n) is 11.1. The number of hydrogen-bond donors (Lipinski definition) is 1. The minimum atomic E-state index is -3.67. The Morgan fingerprint density at radius 2 is 0.735 bits per heavy atom. The second-order valence-electron chi connectivity index (χ2n) is 7.73. The first kappa shape index (κ1) is 26.3. The van der Waals surface area contributed by atoms with Crippen molar-refractivity contribution in [2.45, 2.75) is 6.42 Å². The molecule has 0 radical (unpaired) electrons. The van der Waals surface area contributed by atoms with E-state index in [2.05, 4.69) is 121 Å². The molecule has 0 saturated carbocycles. The summed E-state index contributed by atoms with van der Waals surface area (Å²) in [7, 11) is -4.28. The molecule has 0 heterocycles. The molecule has 0 saturated heterocycles. The van der Waals surface area contributed by atoms with Gasteiger partial charge in [0.2, 0.25) is 0 Å². The van der Waals surface area contributed by atoms with Crippen LogP contribution in [0.3, 0.4) is 0 Å². The van der Waals surface area contributed by atoms with Crippen molar-refractivity contribution in [3.05, 3.63) is 121 Å². The zero-order valence-electron chi connectivity index (χ0n) is 19.2. The van der Waals surface area contributed by atoms with Gasteiger partial charge < -0.3 is 0 Å². The lowest BCUT2D eigenvalue weighted by Crippen LogP contribution is -2.17. The smallest absolute Gasteiger partial charge is 0.261 e. The molecule has 176 valence electrons. The monoisotopic (exact) mass is 508 g/mol. The van der Waals surface area contributed by atoms with Gasteiger partial charge >= 0.3 is 0 Å². The van der Waals surface area contributed by atoms with Crippen LogP contribution in [0.2, 0.25) is 0 Å². The van der Waals surface area contributed by atoms with Gasteiger partial charge in [0.1, 0.15) is 0 Å². The van der Waals surface area contributed by atoms with Gasteiger partial charge in [-0.2, -0.15) is 8.42 Å².